The lowest BCUT2D eigenvalue weighted by molar-refractivity contribution is -0.104. The van der Waals surface area contributed by atoms with Crippen LogP contribution in [0, 0.1) is 0 Å². The molecule has 1 aromatic carbocycles. The van der Waals surface area contributed by atoms with E-state index in [2.05, 4.69) is 0 Å². The monoisotopic (exact) mass is 244 g/mol. The van der Waals surface area contributed by atoms with E-state index in [1.165, 1.54) is 24.3 Å². The van der Waals surface area contributed by atoms with E-state index in [1.807, 2.05) is 0 Å². The van der Waals surface area contributed by atoms with Crippen molar-refractivity contribution in [3.05, 3.63) is 35.9 Å². The molecule has 1 rings (SSSR count). The molecule has 0 radical (unpaired) electrons. The summed E-state index contributed by atoms with van der Waals surface area (Å²) in [5, 5.41) is 0. The molecule has 0 bridgehead atoms. The molecule has 17 heavy (non-hydrogen) atoms. The SMILES string of the molecule is CCOc1ccc(/C(=C\C=O)C(F)(F)F)cc1. The standard InChI is InChI=1S/C12H11F3O2/c1-2-17-10-5-3-9(4-6-10)11(7-8-16)12(13,14)15/h3-8H,2H2,1H3/b11-7+. The van der Waals surface area contributed by atoms with Crippen LogP contribution in [0.4, 0.5) is 13.2 Å². The number of ether oxygens (including phenoxy) is 1. The van der Waals surface area contributed by atoms with Crippen molar-refractivity contribution in [1.82, 2.24) is 0 Å². The summed E-state index contributed by atoms with van der Waals surface area (Å²) < 4.78 is 42.9. The van der Waals surface area contributed by atoms with Gasteiger partial charge in [-0.25, -0.2) is 0 Å². The van der Waals surface area contributed by atoms with Crippen LogP contribution in [0.2, 0.25) is 0 Å². The van der Waals surface area contributed by atoms with Crippen molar-refractivity contribution in [2.45, 2.75) is 13.1 Å². The topological polar surface area (TPSA) is 26.3 Å². The first-order valence-electron chi connectivity index (χ1n) is 4.95. The molecule has 0 saturated heterocycles. The molecule has 0 saturated carbocycles. The van der Waals surface area contributed by atoms with E-state index in [0.717, 1.165) is 0 Å². The van der Waals surface area contributed by atoms with E-state index in [-0.39, 0.29) is 11.8 Å². The fraction of sp³-hybridized carbons (Fsp3) is 0.250. The molecule has 2 nitrogen and oxygen atoms in total. The van der Waals surface area contributed by atoms with Crippen molar-refractivity contribution in [3.8, 4) is 5.75 Å². The number of carbonyl (C=O) groups is 1. The van der Waals surface area contributed by atoms with E-state index < -0.39 is 11.7 Å². The molecule has 0 spiro atoms. The maximum absolute atomic E-state index is 12.6. The molecule has 0 aliphatic heterocycles. The predicted molar refractivity (Wildman–Crippen MR) is 57.7 cm³/mol. The molecule has 0 amide bonds. The Bertz CT molecular complexity index is 405. The van der Waals surface area contributed by atoms with Gasteiger partial charge in [0.25, 0.3) is 0 Å². The number of hydrogen-bond donors (Lipinski definition) is 0. The third-order valence-electron chi connectivity index (χ3n) is 2.02. The third-order valence-corrected chi connectivity index (χ3v) is 2.02. The number of alkyl halides is 3. The molecule has 0 unspecified atom stereocenters. The molecular weight excluding hydrogens is 233 g/mol. The third kappa shape index (κ3) is 3.62. The van der Waals surface area contributed by atoms with Crippen molar-refractivity contribution in [2.75, 3.05) is 6.61 Å². The summed E-state index contributed by atoms with van der Waals surface area (Å²) >= 11 is 0. The molecule has 92 valence electrons. The van der Waals surface area contributed by atoms with E-state index in [1.54, 1.807) is 6.92 Å². The van der Waals surface area contributed by atoms with E-state index in [9.17, 15) is 18.0 Å². The van der Waals surface area contributed by atoms with Crippen LogP contribution in [0.5, 0.6) is 5.75 Å². The second kappa shape index (κ2) is 5.52. The first-order chi connectivity index (χ1) is 7.99. The Morgan fingerprint density at radius 3 is 2.29 bits per heavy atom. The minimum atomic E-state index is -4.55. The number of carbonyl (C=O) groups excluding carboxylic acids is 1. The molecule has 1 aromatic rings. The molecule has 0 fully saturated rings. The Morgan fingerprint density at radius 1 is 1.29 bits per heavy atom. The van der Waals surface area contributed by atoms with Crippen molar-refractivity contribution in [3.63, 3.8) is 0 Å². The van der Waals surface area contributed by atoms with Crippen molar-refractivity contribution in [1.29, 1.82) is 0 Å². The summed E-state index contributed by atoms with van der Waals surface area (Å²) in [6.45, 7) is 2.22. The van der Waals surface area contributed by atoms with Gasteiger partial charge in [-0.1, -0.05) is 12.1 Å². The fourth-order valence-electron chi connectivity index (χ4n) is 1.32. The van der Waals surface area contributed by atoms with Gasteiger partial charge in [0.2, 0.25) is 0 Å². The van der Waals surface area contributed by atoms with Gasteiger partial charge in [-0.05, 0) is 30.7 Å². The average molecular weight is 244 g/mol. The quantitative estimate of drug-likeness (QED) is 0.600. The second-order valence-electron chi connectivity index (χ2n) is 3.17. The highest BCUT2D eigenvalue weighted by Crippen LogP contribution is 2.34. The highest BCUT2D eigenvalue weighted by Gasteiger charge is 2.34. The number of hydrogen-bond acceptors (Lipinski definition) is 2. The van der Waals surface area contributed by atoms with Crippen LogP contribution in [0.3, 0.4) is 0 Å². The summed E-state index contributed by atoms with van der Waals surface area (Å²) in [6, 6.07) is 5.41. The lowest BCUT2D eigenvalue weighted by Gasteiger charge is -2.11. The molecule has 0 aliphatic rings. The highest BCUT2D eigenvalue weighted by molar-refractivity contribution is 5.83. The molecule has 0 aromatic heterocycles. The zero-order valence-corrected chi connectivity index (χ0v) is 9.12. The second-order valence-corrected chi connectivity index (χ2v) is 3.17. The van der Waals surface area contributed by atoms with Crippen LogP contribution >= 0.6 is 0 Å². The van der Waals surface area contributed by atoms with E-state index in [0.29, 0.717) is 18.4 Å². The number of halogens is 3. The molecule has 5 heteroatoms. The van der Waals surface area contributed by atoms with Gasteiger partial charge in [-0.3, -0.25) is 4.79 Å². The number of aldehydes is 1. The normalized spacial score (nSPS) is 12.4. The number of rotatable bonds is 4. The van der Waals surface area contributed by atoms with Crippen LogP contribution < -0.4 is 4.74 Å². The van der Waals surface area contributed by atoms with Crippen LogP contribution in [-0.4, -0.2) is 19.1 Å². The first kappa shape index (κ1) is 13.3. The molecular formula is C12H11F3O2. The van der Waals surface area contributed by atoms with Crippen LogP contribution in [0.15, 0.2) is 30.3 Å². The Balaban J connectivity index is 3.05. The van der Waals surface area contributed by atoms with E-state index >= 15 is 0 Å². The van der Waals surface area contributed by atoms with Crippen LogP contribution in [0.1, 0.15) is 12.5 Å². The molecule has 0 aliphatic carbocycles. The Hall–Kier alpha value is -1.78. The van der Waals surface area contributed by atoms with Crippen molar-refractivity contribution >= 4 is 11.9 Å². The van der Waals surface area contributed by atoms with E-state index in [4.69, 9.17) is 4.74 Å². The number of benzene rings is 1. The Kier molecular flexibility index (Phi) is 4.31. The first-order valence-corrected chi connectivity index (χ1v) is 4.95. The fourth-order valence-corrected chi connectivity index (χ4v) is 1.32. The van der Waals surface area contributed by atoms with Gasteiger partial charge in [0, 0.05) is 0 Å². The Labute approximate surface area is 96.7 Å². The average Bonchev–Trinajstić information content (AvgIpc) is 2.26. The van der Waals surface area contributed by atoms with Gasteiger partial charge in [0.05, 0.1) is 12.2 Å². The van der Waals surface area contributed by atoms with Crippen LogP contribution in [-0.2, 0) is 4.79 Å². The van der Waals surface area contributed by atoms with Gasteiger partial charge in [0.1, 0.15) is 12.0 Å². The Morgan fingerprint density at radius 2 is 1.88 bits per heavy atom. The summed E-state index contributed by atoms with van der Waals surface area (Å²) in [5.41, 5.74) is -1.02. The largest absolute Gasteiger partial charge is 0.494 e. The smallest absolute Gasteiger partial charge is 0.417 e. The minimum Gasteiger partial charge on any atom is -0.494 e. The maximum atomic E-state index is 12.6. The van der Waals surface area contributed by atoms with Gasteiger partial charge in [-0.2, -0.15) is 13.2 Å². The zero-order chi connectivity index (χ0) is 12.9. The van der Waals surface area contributed by atoms with Gasteiger partial charge in [-0.15, -0.1) is 0 Å². The molecule has 0 heterocycles. The number of allylic oxidation sites excluding steroid dienone is 2. The summed E-state index contributed by atoms with van der Waals surface area (Å²) in [7, 11) is 0. The zero-order valence-electron chi connectivity index (χ0n) is 9.12. The van der Waals surface area contributed by atoms with Crippen molar-refractivity contribution < 1.29 is 22.7 Å². The maximum Gasteiger partial charge on any atom is 0.417 e. The van der Waals surface area contributed by atoms with Gasteiger partial charge >= 0.3 is 6.18 Å². The van der Waals surface area contributed by atoms with Gasteiger partial charge in [0.15, 0.2) is 0 Å². The lowest BCUT2D eigenvalue weighted by Crippen LogP contribution is -2.11. The molecule has 0 N–H and O–H groups in total. The van der Waals surface area contributed by atoms with Crippen molar-refractivity contribution in [2.24, 2.45) is 0 Å². The highest BCUT2D eigenvalue weighted by atomic mass is 19.4. The summed E-state index contributed by atoms with van der Waals surface area (Å²) in [5.74, 6) is 0.490. The summed E-state index contributed by atoms with van der Waals surface area (Å²) in [4.78, 5) is 10.2. The predicted octanol–water partition coefficient (Wildman–Crippen LogP) is 3.23. The minimum absolute atomic E-state index is 0.0620. The summed E-state index contributed by atoms with van der Waals surface area (Å²) in [6.07, 6.45) is -3.91. The lowest BCUT2D eigenvalue weighted by atomic mass is 10.1. The molecule has 0 atom stereocenters. The van der Waals surface area contributed by atoms with Gasteiger partial charge < -0.3 is 4.74 Å². The van der Waals surface area contributed by atoms with Crippen LogP contribution in [0.25, 0.3) is 5.57 Å².